The monoisotopic (exact) mass is 221 g/mol. The van der Waals surface area contributed by atoms with Crippen LogP contribution in [-0.2, 0) is 0 Å². The molecule has 0 amide bonds. The van der Waals surface area contributed by atoms with Crippen molar-refractivity contribution in [1.29, 1.82) is 0 Å². The van der Waals surface area contributed by atoms with Crippen LogP contribution in [0, 0.1) is 0 Å². The highest BCUT2D eigenvalue weighted by Gasteiger charge is 1.96. The number of hydrogen-bond donors (Lipinski definition) is 1. The third-order valence-electron chi connectivity index (χ3n) is 2.09. The number of nitrogens with zero attached hydrogens (tertiary/aromatic N) is 1. The van der Waals surface area contributed by atoms with Gasteiger partial charge in [-0.1, -0.05) is 24.8 Å². The zero-order valence-electron chi connectivity index (χ0n) is 9.89. The Hall–Kier alpha value is -1.77. The molecule has 0 unspecified atom stereocenters. The van der Waals surface area contributed by atoms with E-state index in [-0.39, 0.29) is 0 Å². The fourth-order valence-electron chi connectivity index (χ4n) is 1.06. The molecule has 16 heavy (non-hydrogen) atoms. The molecular formula is C13H19NO2. The molecule has 0 saturated heterocycles. The third kappa shape index (κ3) is 5.86. The summed E-state index contributed by atoms with van der Waals surface area (Å²) in [5.74, 6) is -0.879. The molecule has 1 aromatic rings. The summed E-state index contributed by atoms with van der Waals surface area (Å²) in [4.78, 5) is 12.3. The predicted octanol–water partition coefficient (Wildman–Crippen LogP) is 2.86. The number of hydrogen-bond acceptors (Lipinski definition) is 2. The summed E-state index contributed by atoms with van der Waals surface area (Å²) in [5.41, 5.74) is 0.331. The van der Waals surface area contributed by atoms with Gasteiger partial charge in [0.25, 0.3) is 0 Å². The summed E-state index contributed by atoms with van der Waals surface area (Å²) in [5, 5.41) is 8.38. The molecule has 0 aliphatic carbocycles. The lowest BCUT2D eigenvalue weighted by Gasteiger charge is -2.12. The summed E-state index contributed by atoms with van der Waals surface area (Å²) < 4.78 is 0. The molecule has 88 valence electrons. The van der Waals surface area contributed by atoms with Crippen molar-refractivity contribution in [3.8, 4) is 0 Å². The lowest BCUT2D eigenvalue weighted by atomic mass is 10.2. The lowest BCUT2D eigenvalue weighted by molar-refractivity contribution is 0.0697. The molecule has 0 atom stereocenters. The highest BCUT2D eigenvalue weighted by Crippen LogP contribution is 1.96. The second-order valence-electron chi connectivity index (χ2n) is 3.07. The molecule has 0 saturated carbocycles. The van der Waals surface area contributed by atoms with E-state index in [1.807, 2.05) is 6.20 Å². The van der Waals surface area contributed by atoms with Crippen LogP contribution in [0.25, 0.3) is 0 Å². The Morgan fingerprint density at radius 1 is 1.31 bits per heavy atom. The molecule has 1 rings (SSSR count). The molecule has 0 fully saturated rings. The minimum atomic E-state index is -0.879. The lowest BCUT2D eigenvalue weighted by Crippen LogP contribution is -2.14. The zero-order valence-corrected chi connectivity index (χ0v) is 9.89. The molecule has 0 bridgehead atoms. The van der Waals surface area contributed by atoms with E-state index in [4.69, 9.17) is 5.11 Å². The smallest absolute Gasteiger partial charge is 0.335 e. The number of rotatable bonds is 4. The maximum absolute atomic E-state index is 10.2. The first kappa shape index (κ1) is 14.2. The average Bonchev–Trinajstić information content (AvgIpc) is 2.33. The summed E-state index contributed by atoms with van der Waals surface area (Å²) in [7, 11) is 0. The summed E-state index contributed by atoms with van der Waals surface area (Å²) >= 11 is 0. The highest BCUT2D eigenvalue weighted by atomic mass is 16.4. The van der Waals surface area contributed by atoms with Crippen molar-refractivity contribution in [2.45, 2.75) is 13.8 Å². The standard InChI is InChI=1S/C7H6O2.C6H13N/c8-7(9)6-4-2-1-3-5-6;1-4-7(5-2)6-3/h1-5H,(H,8,9);4H,1,5-6H2,2-3H3. The fourth-order valence-corrected chi connectivity index (χ4v) is 1.06. The largest absolute Gasteiger partial charge is 0.478 e. The Morgan fingerprint density at radius 2 is 1.81 bits per heavy atom. The Morgan fingerprint density at radius 3 is 2.00 bits per heavy atom. The van der Waals surface area contributed by atoms with Crippen LogP contribution in [0.15, 0.2) is 43.1 Å². The molecule has 3 heteroatoms. The molecule has 1 aromatic carbocycles. The van der Waals surface area contributed by atoms with E-state index >= 15 is 0 Å². The van der Waals surface area contributed by atoms with Crippen molar-refractivity contribution in [3.63, 3.8) is 0 Å². The van der Waals surface area contributed by atoms with Gasteiger partial charge in [0, 0.05) is 13.1 Å². The van der Waals surface area contributed by atoms with Gasteiger partial charge in [-0.15, -0.1) is 0 Å². The van der Waals surface area contributed by atoms with E-state index in [0.717, 1.165) is 13.1 Å². The van der Waals surface area contributed by atoms with Crippen molar-refractivity contribution in [2.75, 3.05) is 13.1 Å². The summed E-state index contributed by atoms with van der Waals surface area (Å²) in [6.07, 6.45) is 1.86. The molecule has 0 heterocycles. The maximum atomic E-state index is 10.2. The molecule has 0 aromatic heterocycles. The Balaban J connectivity index is 0.000000293. The molecule has 0 aliphatic rings. The molecule has 0 spiro atoms. The van der Waals surface area contributed by atoms with Crippen LogP contribution in [0.2, 0.25) is 0 Å². The Kier molecular flexibility index (Phi) is 7.59. The van der Waals surface area contributed by atoms with Crippen molar-refractivity contribution in [2.24, 2.45) is 0 Å². The van der Waals surface area contributed by atoms with Crippen LogP contribution in [-0.4, -0.2) is 29.1 Å². The van der Waals surface area contributed by atoms with Gasteiger partial charge < -0.3 is 10.0 Å². The van der Waals surface area contributed by atoms with Gasteiger partial charge in [0.1, 0.15) is 0 Å². The minimum absolute atomic E-state index is 0.331. The van der Waals surface area contributed by atoms with Crippen molar-refractivity contribution in [1.82, 2.24) is 4.90 Å². The minimum Gasteiger partial charge on any atom is -0.478 e. The molecule has 0 aliphatic heterocycles. The second kappa shape index (κ2) is 8.53. The van der Waals surface area contributed by atoms with Gasteiger partial charge in [-0.2, -0.15) is 0 Å². The Bertz CT molecular complexity index is 305. The van der Waals surface area contributed by atoms with E-state index in [1.165, 1.54) is 0 Å². The predicted molar refractivity (Wildman–Crippen MR) is 66.5 cm³/mol. The van der Waals surface area contributed by atoms with Crippen LogP contribution in [0.5, 0.6) is 0 Å². The third-order valence-corrected chi connectivity index (χ3v) is 2.09. The van der Waals surface area contributed by atoms with Crippen molar-refractivity contribution < 1.29 is 9.90 Å². The van der Waals surface area contributed by atoms with Crippen LogP contribution >= 0.6 is 0 Å². The summed E-state index contributed by atoms with van der Waals surface area (Å²) in [6.45, 7) is 10.0. The van der Waals surface area contributed by atoms with E-state index in [9.17, 15) is 4.79 Å². The quantitative estimate of drug-likeness (QED) is 0.850. The maximum Gasteiger partial charge on any atom is 0.335 e. The van der Waals surface area contributed by atoms with Gasteiger partial charge in [0.2, 0.25) is 0 Å². The van der Waals surface area contributed by atoms with Crippen molar-refractivity contribution in [3.05, 3.63) is 48.7 Å². The number of carboxylic acid groups (broad SMARTS) is 1. The normalized spacial score (nSPS) is 8.62. The van der Waals surface area contributed by atoms with E-state index < -0.39 is 5.97 Å². The highest BCUT2D eigenvalue weighted by molar-refractivity contribution is 5.87. The van der Waals surface area contributed by atoms with Gasteiger partial charge in [0.15, 0.2) is 0 Å². The number of carbonyl (C=O) groups is 1. The number of carboxylic acids is 1. The summed E-state index contributed by atoms with van der Waals surface area (Å²) in [6, 6.07) is 8.30. The fraction of sp³-hybridized carbons (Fsp3) is 0.308. The van der Waals surface area contributed by atoms with Crippen molar-refractivity contribution >= 4 is 5.97 Å². The van der Waals surface area contributed by atoms with Crippen LogP contribution < -0.4 is 0 Å². The van der Waals surface area contributed by atoms with Gasteiger partial charge in [-0.25, -0.2) is 4.79 Å². The molecule has 0 radical (unpaired) electrons. The first-order valence-electron chi connectivity index (χ1n) is 5.30. The second-order valence-corrected chi connectivity index (χ2v) is 3.07. The van der Waals surface area contributed by atoms with Gasteiger partial charge >= 0.3 is 5.97 Å². The topological polar surface area (TPSA) is 40.5 Å². The van der Waals surface area contributed by atoms with E-state index in [1.54, 1.807) is 30.3 Å². The Labute approximate surface area is 97.0 Å². The molecular weight excluding hydrogens is 202 g/mol. The zero-order chi connectivity index (χ0) is 12.4. The number of aromatic carboxylic acids is 1. The van der Waals surface area contributed by atoms with Crippen LogP contribution in [0.3, 0.4) is 0 Å². The first-order chi connectivity index (χ1) is 7.65. The SMILES string of the molecule is C=CN(CC)CC.O=C(O)c1ccccc1. The first-order valence-corrected chi connectivity index (χ1v) is 5.30. The number of benzene rings is 1. The van der Waals surface area contributed by atoms with Gasteiger partial charge in [-0.05, 0) is 32.2 Å². The van der Waals surface area contributed by atoms with Crippen LogP contribution in [0.4, 0.5) is 0 Å². The average molecular weight is 221 g/mol. The van der Waals surface area contributed by atoms with E-state index in [2.05, 4.69) is 25.3 Å². The van der Waals surface area contributed by atoms with Gasteiger partial charge in [-0.3, -0.25) is 0 Å². The van der Waals surface area contributed by atoms with Gasteiger partial charge in [0.05, 0.1) is 5.56 Å². The molecule has 3 nitrogen and oxygen atoms in total. The van der Waals surface area contributed by atoms with Crippen LogP contribution in [0.1, 0.15) is 24.2 Å². The molecule has 1 N–H and O–H groups in total. The van der Waals surface area contributed by atoms with E-state index in [0.29, 0.717) is 5.56 Å².